The van der Waals surface area contributed by atoms with Crippen LogP contribution in [-0.2, 0) is 0 Å². The molecule has 0 heterocycles. The van der Waals surface area contributed by atoms with Crippen LogP contribution in [0.5, 0.6) is 0 Å². The van der Waals surface area contributed by atoms with Crippen LogP contribution in [0.1, 0.15) is 20.3 Å². The molecule has 2 heteroatoms. The van der Waals surface area contributed by atoms with Crippen molar-refractivity contribution in [2.45, 2.75) is 39.9 Å². The molecule has 0 bridgehead atoms. The number of aliphatic hydroxyl groups excluding tert-OH is 1. The summed E-state index contributed by atoms with van der Waals surface area (Å²) < 4.78 is 0. The van der Waals surface area contributed by atoms with Crippen molar-refractivity contribution in [3.63, 3.8) is 0 Å². The van der Waals surface area contributed by atoms with E-state index in [4.69, 9.17) is 5.11 Å². The van der Waals surface area contributed by atoms with Gasteiger partial charge in [-0.25, -0.2) is 0 Å². The van der Waals surface area contributed by atoms with E-state index in [2.05, 4.69) is 45.3 Å². The van der Waals surface area contributed by atoms with Gasteiger partial charge in [0, 0.05) is 6.61 Å². The molecule has 0 amide bonds. The van der Waals surface area contributed by atoms with Crippen molar-refractivity contribution in [2.75, 3.05) is 6.61 Å². The number of allylic oxidation sites excluding steroid dienone is 1. The second kappa shape index (κ2) is 5.61. The van der Waals surface area contributed by atoms with E-state index < -0.39 is 8.07 Å². The van der Waals surface area contributed by atoms with Gasteiger partial charge < -0.3 is 5.11 Å². The molecule has 1 atom stereocenters. The zero-order valence-electron chi connectivity index (χ0n) is 9.67. The van der Waals surface area contributed by atoms with Crippen molar-refractivity contribution >= 4 is 8.07 Å². The predicted molar refractivity (Wildman–Crippen MR) is 62.5 cm³/mol. The zero-order chi connectivity index (χ0) is 10.5. The first kappa shape index (κ1) is 12.9. The van der Waals surface area contributed by atoms with Crippen molar-refractivity contribution in [3.05, 3.63) is 11.8 Å². The van der Waals surface area contributed by atoms with E-state index in [0.717, 1.165) is 6.42 Å². The number of rotatable bonds is 5. The van der Waals surface area contributed by atoms with Gasteiger partial charge in [0.25, 0.3) is 0 Å². The summed E-state index contributed by atoms with van der Waals surface area (Å²) in [6.45, 7) is 11.6. The minimum absolute atomic E-state index is 0.313. The summed E-state index contributed by atoms with van der Waals surface area (Å²) >= 11 is 0. The highest BCUT2D eigenvalue weighted by atomic mass is 28.3. The molecule has 0 radical (unpaired) electrons. The fraction of sp³-hybridized carbons (Fsp3) is 0.818. The Kier molecular flexibility index (Phi) is 5.57. The lowest BCUT2D eigenvalue weighted by molar-refractivity contribution is 0.191. The normalized spacial score (nSPS) is 15.6. The highest BCUT2D eigenvalue weighted by Gasteiger charge is 2.11. The Balaban J connectivity index is 3.92. The number of hydrogen-bond acceptors (Lipinski definition) is 1. The molecule has 0 aliphatic rings. The van der Waals surface area contributed by atoms with E-state index in [-0.39, 0.29) is 0 Å². The Hall–Kier alpha value is -0.0831. The van der Waals surface area contributed by atoms with Gasteiger partial charge in [0.2, 0.25) is 0 Å². The molecular formula is C11H24OSi. The fourth-order valence-electron chi connectivity index (χ4n) is 1.15. The van der Waals surface area contributed by atoms with Crippen molar-refractivity contribution in [3.8, 4) is 0 Å². The first-order chi connectivity index (χ1) is 5.87. The maximum atomic E-state index is 9.10. The molecule has 0 saturated heterocycles. The van der Waals surface area contributed by atoms with Crippen molar-refractivity contribution in [1.29, 1.82) is 0 Å². The maximum absolute atomic E-state index is 9.10. The lowest BCUT2D eigenvalue weighted by atomic mass is 9.94. The van der Waals surface area contributed by atoms with Crippen LogP contribution in [0.15, 0.2) is 11.8 Å². The quantitative estimate of drug-likeness (QED) is 0.676. The van der Waals surface area contributed by atoms with E-state index >= 15 is 0 Å². The lowest BCUT2D eigenvalue weighted by Crippen LogP contribution is -2.17. The first-order valence-electron chi connectivity index (χ1n) is 5.15. The number of aliphatic hydroxyl groups is 1. The van der Waals surface area contributed by atoms with E-state index in [1.54, 1.807) is 0 Å². The van der Waals surface area contributed by atoms with Crippen LogP contribution in [0, 0.1) is 11.8 Å². The molecule has 0 aromatic rings. The van der Waals surface area contributed by atoms with Crippen LogP contribution in [0.2, 0.25) is 19.6 Å². The Bertz CT molecular complexity index is 156. The van der Waals surface area contributed by atoms with Gasteiger partial charge in [-0.1, -0.05) is 45.3 Å². The summed E-state index contributed by atoms with van der Waals surface area (Å²) in [4.78, 5) is 0. The molecule has 13 heavy (non-hydrogen) atoms. The van der Waals surface area contributed by atoms with Crippen LogP contribution < -0.4 is 0 Å². The molecule has 0 rings (SSSR count). The van der Waals surface area contributed by atoms with E-state index in [0.29, 0.717) is 18.4 Å². The molecule has 0 fully saturated rings. The SMILES string of the molecule is CC(C)C(CO)C/C=C\[Si](C)(C)C. The van der Waals surface area contributed by atoms with Crippen molar-refractivity contribution < 1.29 is 5.11 Å². The van der Waals surface area contributed by atoms with Gasteiger partial charge >= 0.3 is 0 Å². The smallest absolute Gasteiger partial charge is 0.0682 e. The second-order valence-corrected chi connectivity index (χ2v) is 10.3. The van der Waals surface area contributed by atoms with Crippen LogP contribution in [0.25, 0.3) is 0 Å². The largest absolute Gasteiger partial charge is 0.396 e. The highest BCUT2D eigenvalue weighted by molar-refractivity contribution is 6.80. The molecule has 1 N–H and O–H groups in total. The third-order valence-corrected chi connectivity index (χ3v) is 3.47. The summed E-state index contributed by atoms with van der Waals surface area (Å²) in [6, 6.07) is 0. The third-order valence-electron chi connectivity index (χ3n) is 2.23. The van der Waals surface area contributed by atoms with E-state index in [1.165, 1.54) is 0 Å². The zero-order valence-corrected chi connectivity index (χ0v) is 10.7. The molecule has 0 aromatic heterocycles. The van der Waals surface area contributed by atoms with E-state index in [1.807, 2.05) is 0 Å². The minimum atomic E-state index is -1.03. The molecule has 0 aliphatic carbocycles. The standard InChI is InChI=1S/C11H24OSi/c1-10(2)11(9-12)7-6-8-13(3,4)5/h6,8,10-12H,7,9H2,1-5H3/b8-6-. The number of hydrogen-bond donors (Lipinski definition) is 1. The Morgan fingerprint density at radius 3 is 2.08 bits per heavy atom. The summed E-state index contributed by atoms with van der Waals surface area (Å²) in [5.41, 5.74) is 2.36. The van der Waals surface area contributed by atoms with E-state index in [9.17, 15) is 0 Å². The first-order valence-corrected chi connectivity index (χ1v) is 8.73. The van der Waals surface area contributed by atoms with Crippen LogP contribution in [0.3, 0.4) is 0 Å². The molecule has 0 spiro atoms. The Morgan fingerprint density at radius 1 is 1.23 bits per heavy atom. The molecule has 1 nitrogen and oxygen atoms in total. The second-order valence-electron chi connectivity index (χ2n) is 5.19. The van der Waals surface area contributed by atoms with Gasteiger partial charge in [-0.3, -0.25) is 0 Å². The molecule has 0 aromatic carbocycles. The average molecular weight is 200 g/mol. The van der Waals surface area contributed by atoms with Crippen LogP contribution in [-0.4, -0.2) is 19.8 Å². The van der Waals surface area contributed by atoms with Gasteiger partial charge in [0.05, 0.1) is 8.07 Å². The maximum Gasteiger partial charge on any atom is 0.0682 e. The highest BCUT2D eigenvalue weighted by Crippen LogP contribution is 2.15. The summed E-state index contributed by atoms with van der Waals surface area (Å²) in [5, 5.41) is 9.10. The summed E-state index contributed by atoms with van der Waals surface area (Å²) in [5.74, 6) is 1.02. The molecule has 78 valence electrons. The van der Waals surface area contributed by atoms with Gasteiger partial charge in [-0.2, -0.15) is 0 Å². The van der Waals surface area contributed by atoms with Gasteiger partial charge in [-0.05, 0) is 18.3 Å². The predicted octanol–water partition coefficient (Wildman–Crippen LogP) is 3.07. The topological polar surface area (TPSA) is 20.2 Å². The summed E-state index contributed by atoms with van der Waals surface area (Å²) in [7, 11) is -1.03. The minimum Gasteiger partial charge on any atom is -0.396 e. The van der Waals surface area contributed by atoms with Crippen molar-refractivity contribution in [1.82, 2.24) is 0 Å². The van der Waals surface area contributed by atoms with Gasteiger partial charge in [-0.15, -0.1) is 0 Å². The Morgan fingerprint density at radius 2 is 1.77 bits per heavy atom. The Labute approximate surface area is 83.9 Å². The van der Waals surface area contributed by atoms with Gasteiger partial charge in [0.15, 0.2) is 0 Å². The average Bonchev–Trinajstić information content (AvgIpc) is 1.95. The fourth-order valence-corrected chi connectivity index (χ4v) is 2.00. The van der Waals surface area contributed by atoms with Crippen LogP contribution >= 0.6 is 0 Å². The van der Waals surface area contributed by atoms with Gasteiger partial charge in [0.1, 0.15) is 0 Å². The summed E-state index contributed by atoms with van der Waals surface area (Å²) in [6.07, 6.45) is 3.28. The third kappa shape index (κ3) is 7.02. The molecular weight excluding hydrogens is 176 g/mol. The van der Waals surface area contributed by atoms with Crippen molar-refractivity contribution in [2.24, 2.45) is 11.8 Å². The molecule has 1 unspecified atom stereocenters. The monoisotopic (exact) mass is 200 g/mol. The lowest BCUT2D eigenvalue weighted by Gasteiger charge is -2.16. The van der Waals surface area contributed by atoms with Crippen LogP contribution in [0.4, 0.5) is 0 Å². The molecule has 0 saturated carbocycles. The molecule has 0 aliphatic heterocycles.